The van der Waals surface area contributed by atoms with Crippen molar-refractivity contribution >= 4 is 10.8 Å². The molecule has 0 spiro atoms. The Balaban J connectivity index is 1.79. The first kappa shape index (κ1) is 19.2. The summed E-state index contributed by atoms with van der Waals surface area (Å²) in [7, 11) is 1.64. The highest BCUT2D eigenvalue weighted by atomic mass is 16.7. The lowest BCUT2D eigenvalue weighted by Crippen LogP contribution is -2.25. The van der Waals surface area contributed by atoms with Gasteiger partial charge in [-0.3, -0.25) is 0 Å². The Bertz CT molecular complexity index is 1070. The number of hydrogen-bond acceptors (Lipinski definition) is 6. The van der Waals surface area contributed by atoms with Gasteiger partial charge in [-0.2, -0.15) is 5.26 Å². The van der Waals surface area contributed by atoms with Crippen molar-refractivity contribution in [2.24, 2.45) is 0 Å². The van der Waals surface area contributed by atoms with Crippen LogP contribution >= 0.6 is 0 Å². The highest BCUT2D eigenvalue weighted by Crippen LogP contribution is 2.40. The van der Waals surface area contributed by atoms with E-state index in [2.05, 4.69) is 11.1 Å². The van der Waals surface area contributed by atoms with Gasteiger partial charge in [0.15, 0.2) is 5.79 Å². The minimum Gasteiger partial charge on any atom is -0.496 e. The average Bonchev–Trinajstić information content (AvgIpc) is 3.10. The zero-order valence-electron chi connectivity index (χ0n) is 16.6. The number of hydrogen-bond donors (Lipinski definition) is 0. The Kier molecular flexibility index (Phi) is 5.10. The molecule has 0 saturated carbocycles. The van der Waals surface area contributed by atoms with Gasteiger partial charge in [0.2, 0.25) is 5.88 Å². The van der Waals surface area contributed by atoms with Gasteiger partial charge < -0.3 is 18.9 Å². The Hall–Kier alpha value is -3.14. The molecular formula is C23H22N2O4. The second kappa shape index (κ2) is 7.70. The van der Waals surface area contributed by atoms with E-state index in [-0.39, 0.29) is 18.4 Å². The Morgan fingerprint density at radius 3 is 2.62 bits per heavy atom. The highest BCUT2D eigenvalue weighted by Gasteiger charge is 2.33. The third-order valence-corrected chi connectivity index (χ3v) is 4.81. The molecule has 148 valence electrons. The Morgan fingerprint density at radius 2 is 1.97 bits per heavy atom. The molecule has 0 radical (unpaired) electrons. The van der Waals surface area contributed by atoms with Gasteiger partial charge in [-0.15, -0.1) is 0 Å². The van der Waals surface area contributed by atoms with Crippen LogP contribution in [0.15, 0.2) is 48.5 Å². The lowest BCUT2D eigenvalue weighted by Gasteiger charge is -2.18. The second-order valence-electron chi connectivity index (χ2n) is 7.29. The van der Waals surface area contributed by atoms with Crippen LogP contribution in [0.25, 0.3) is 21.9 Å². The number of rotatable bonds is 5. The largest absolute Gasteiger partial charge is 0.496 e. The molecule has 1 saturated heterocycles. The van der Waals surface area contributed by atoms with Crippen molar-refractivity contribution in [3.63, 3.8) is 0 Å². The van der Waals surface area contributed by atoms with Crippen LogP contribution in [0.1, 0.15) is 19.5 Å². The van der Waals surface area contributed by atoms with E-state index >= 15 is 0 Å². The molecule has 6 nitrogen and oxygen atoms in total. The van der Waals surface area contributed by atoms with Crippen LogP contribution in [0.3, 0.4) is 0 Å². The summed E-state index contributed by atoms with van der Waals surface area (Å²) in [6.07, 6.45) is -0.195. The first-order chi connectivity index (χ1) is 14.0. The number of fused-ring (bicyclic) bond motifs is 1. The lowest BCUT2D eigenvalue weighted by atomic mass is 9.97. The third kappa shape index (κ3) is 3.88. The molecule has 0 N–H and O–H groups in total. The minimum atomic E-state index is -0.619. The van der Waals surface area contributed by atoms with Crippen molar-refractivity contribution in [3.8, 4) is 28.8 Å². The molecule has 29 heavy (non-hydrogen) atoms. The van der Waals surface area contributed by atoms with Gasteiger partial charge in [-0.05, 0) is 37.6 Å². The Labute approximate surface area is 169 Å². The zero-order chi connectivity index (χ0) is 20.4. The molecule has 0 unspecified atom stereocenters. The lowest BCUT2D eigenvalue weighted by molar-refractivity contribution is -0.141. The third-order valence-electron chi connectivity index (χ3n) is 4.81. The van der Waals surface area contributed by atoms with Crippen molar-refractivity contribution in [1.82, 2.24) is 4.98 Å². The zero-order valence-corrected chi connectivity index (χ0v) is 16.6. The van der Waals surface area contributed by atoms with Gasteiger partial charge in [0.05, 0.1) is 13.7 Å². The topological polar surface area (TPSA) is 73.6 Å². The van der Waals surface area contributed by atoms with Crippen molar-refractivity contribution in [2.45, 2.75) is 25.7 Å². The molecule has 1 aromatic heterocycles. The van der Waals surface area contributed by atoms with Crippen LogP contribution in [0.2, 0.25) is 0 Å². The summed E-state index contributed by atoms with van der Waals surface area (Å²) in [5.74, 6) is 0.498. The summed E-state index contributed by atoms with van der Waals surface area (Å²) in [5.41, 5.74) is 2.17. The number of benzene rings is 2. The van der Waals surface area contributed by atoms with Gasteiger partial charge >= 0.3 is 0 Å². The van der Waals surface area contributed by atoms with Gasteiger partial charge in [0.25, 0.3) is 0 Å². The van der Waals surface area contributed by atoms with Crippen molar-refractivity contribution < 1.29 is 18.9 Å². The fraction of sp³-hybridized carbons (Fsp3) is 0.304. The summed E-state index contributed by atoms with van der Waals surface area (Å²) in [6, 6.07) is 17.6. The SMILES string of the molecule is COc1ccc2c(OC[C@H]3COC(C)(C)O3)nc(C#N)cc2c1-c1ccccc1. The van der Waals surface area contributed by atoms with Crippen LogP contribution in [0.5, 0.6) is 11.6 Å². The van der Waals surface area contributed by atoms with E-state index < -0.39 is 5.79 Å². The molecular weight excluding hydrogens is 368 g/mol. The van der Waals surface area contributed by atoms with Crippen LogP contribution in [0, 0.1) is 11.3 Å². The van der Waals surface area contributed by atoms with Crippen LogP contribution in [0.4, 0.5) is 0 Å². The summed E-state index contributed by atoms with van der Waals surface area (Å²) < 4.78 is 23.0. The smallest absolute Gasteiger partial charge is 0.222 e. The summed E-state index contributed by atoms with van der Waals surface area (Å²) in [5, 5.41) is 11.2. The van der Waals surface area contributed by atoms with E-state index in [1.165, 1.54) is 0 Å². The number of methoxy groups -OCH3 is 1. The predicted octanol–water partition coefficient (Wildman–Crippen LogP) is 4.31. The number of nitriles is 1. The maximum Gasteiger partial charge on any atom is 0.222 e. The van der Waals surface area contributed by atoms with E-state index in [0.29, 0.717) is 12.5 Å². The monoisotopic (exact) mass is 390 g/mol. The first-order valence-electron chi connectivity index (χ1n) is 9.42. The summed E-state index contributed by atoms with van der Waals surface area (Å²) in [4.78, 5) is 4.39. The minimum absolute atomic E-state index is 0.195. The van der Waals surface area contributed by atoms with Crippen LogP contribution in [-0.4, -0.2) is 37.2 Å². The molecule has 1 fully saturated rings. The first-order valence-corrected chi connectivity index (χ1v) is 9.42. The number of ether oxygens (including phenoxy) is 4. The van der Waals surface area contributed by atoms with E-state index in [1.54, 1.807) is 13.2 Å². The van der Waals surface area contributed by atoms with Gasteiger partial charge in [-0.25, -0.2) is 4.98 Å². The summed E-state index contributed by atoms with van der Waals surface area (Å²) in [6.45, 7) is 4.48. The molecule has 2 aromatic carbocycles. The van der Waals surface area contributed by atoms with Gasteiger partial charge in [-0.1, -0.05) is 30.3 Å². The van der Waals surface area contributed by atoms with E-state index in [4.69, 9.17) is 18.9 Å². The quantitative estimate of drug-likeness (QED) is 0.646. The van der Waals surface area contributed by atoms with Crippen molar-refractivity contribution in [3.05, 3.63) is 54.2 Å². The second-order valence-corrected chi connectivity index (χ2v) is 7.29. The molecule has 1 aliphatic rings. The molecule has 4 rings (SSSR count). The standard InChI is InChI=1S/C23H22N2O4/c1-23(2)28-14-17(29-23)13-27-22-18-9-10-20(26-3)21(15-7-5-4-6-8-15)19(18)11-16(12-24)25-22/h4-11,17H,13-14H2,1-3H3/t17-/m0/s1. The fourth-order valence-electron chi connectivity index (χ4n) is 3.53. The number of nitrogens with zero attached hydrogens (tertiary/aromatic N) is 2. The predicted molar refractivity (Wildman–Crippen MR) is 109 cm³/mol. The highest BCUT2D eigenvalue weighted by molar-refractivity contribution is 6.02. The van der Waals surface area contributed by atoms with Crippen molar-refractivity contribution in [1.29, 1.82) is 5.26 Å². The number of pyridine rings is 1. The molecule has 2 heterocycles. The molecule has 6 heteroatoms. The summed E-state index contributed by atoms with van der Waals surface area (Å²) >= 11 is 0. The normalized spacial score (nSPS) is 17.8. The molecule has 3 aromatic rings. The van der Waals surface area contributed by atoms with Crippen LogP contribution in [-0.2, 0) is 9.47 Å². The number of aromatic nitrogens is 1. The molecule has 0 amide bonds. The maximum atomic E-state index is 9.51. The van der Waals surface area contributed by atoms with E-state index in [9.17, 15) is 5.26 Å². The fourth-order valence-corrected chi connectivity index (χ4v) is 3.53. The van der Waals surface area contributed by atoms with Gasteiger partial charge in [0, 0.05) is 16.3 Å². The van der Waals surface area contributed by atoms with Crippen molar-refractivity contribution in [2.75, 3.05) is 20.3 Å². The Morgan fingerprint density at radius 1 is 1.17 bits per heavy atom. The van der Waals surface area contributed by atoms with Crippen LogP contribution < -0.4 is 9.47 Å². The maximum absolute atomic E-state index is 9.51. The molecule has 1 atom stereocenters. The molecule has 1 aliphatic heterocycles. The van der Waals surface area contributed by atoms with E-state index in [1.807, 2.05) is 56.3 Å². The molecule has 0 aliphatic carbocycles. The molecule has 0 bridgehead atoms. The van der Waals surface area contributed by atoms with Gasteiger partial charge in [0.1, 0.15) is 30.2 Å². The van der Waals surface area contributed by atoms with E-state index in [0.717, 1.165) is 27.6 Å². The average molecular weight is 390 g/mol.